The van der Waals surface area contributed by atoms with Crippen molar-refractivity contribution in [3.8, 4) is 0 Å². The Bertz CT molecular complexity index is 894. The first kappa shape index (κ1) is 19.1. The largest absolute Gasteiger partial charge is 0.345 e. The van der Waals surface area contributed by atoms with Crippen LogP contribution in [0.3, 0.4) is 0 Å². The molecule has 0 N–H and O–H groups in total. The first-order valence-electron chi connectivity index (χ1n) is 10.2. The summed E-state index contributed by atoms with van der Waals surface area (Å²) >= 11 is 0. The van der Waals surface area contributed by atoms with Crippen molar-refractivity contribution in [2.45, 2.75) is 58.2 Å². The van der Waals surface area contributed by atoms with Crippen molar-refractivity contribution in [1.29, 1.82) is 0 Å². The SMILES string of the molecule is CC(Cn1nc2n(c1=O)CCCC2)N1CCC(C(=O)c2ccc(F)cc2)CC1. The molecule has 150 valence electrons. The second kappa shape index (κ2) is 7.99. The van der Waals surface area contributed by atoms with Crippen LogP contribution in [0, 0.1) is 11.7 Å². The van der Waals surface area contributed by atoms with Crippen LogP contribution in [0.1, 0.15) is 48.8 Å². The Morgan fingerprint density at radius 3 is 2.57 bits per heavy atom. The number of carbonyl (C=O) groups excluding carboxylic acids is 1. The minimum absolute atomic E-state index is 0.00271. The number of fused-ring (bicyclic) bond motifs is 1. The van der Waals surface area contributed by atoms with Gasteiger partial charge in [0.2, 0.25) is 0 Å². The number of aryl methyl sites for hydroxylation is 1. The normalized spacial score (nSPS) is 19.4. The number of carbonyl (C=O) groups is 1. The van der Waals surface area contributed by atoms with Gasteiger partial charge in [-0.1, -0.05) is 0 Å². The van der Waals surface area contributed by atoms with Crippen LogP contribution in [0.4, 0.5) is 4.39 Å². The quantitative estimate of drug-likeness (QED) is 0.741. The third kappa shape index (κ3) is 3.81. The summed E-state index contributed by atoms with van der Waals surface area (Å²) < 4.78 is 16.5. The van der Waals surface area contributed by atoms with Gasteiger partial charge in [0.05, 0.1) is 6.54 Å². The van der Waals surface area contributed by atoms with Crippen LogP contribution < -0.4 is 5.69 Å². The highest BCUT2D eigenvalue weighted by Crippen LogP contribution is 2.23. The molecule has 0 saturated carbocycles. The molecule has 0 amide bonds. The lowest BCUT2D eigenvalue weighted by molar-refractivity contribution is 0.0785. The van der Waals surface area contributed by atoms with Crippen molar-refractivity contribution >= 4 is 5.78 Å². The van der Waals surface area contributed by atoms with E-state index >= 15 is 0 Å². The summed E-state index contributed by atoms with van der Waals surface area (Å²) in [6.45, 7) is 5.11. The molecule has 1 unspecified atom stereocenters. The summed E-state index contributed by atoms with van der Waals surface area (Å²) in [6, 6.07) is 6.01. The van der Waals surface area contributed by atoms with Crippen LogP contribution in [-0.4, -0.2) is 44.2 Å². The summed E-state index contributed by atoms with van der Waals surface area (Å²) in [5, 5.41) is 4.53. The smallest absolute Gasteiger partial charge is 0.299 e. The summed E-state index contributed by atoms with van der Waals surface area (Å²) in [5.41, 5.74) is 0.589. The molecule has 28 heavy (non-hydrogen) atoms. The molecule has 7 heteroatoms. The van der Waals surface area contributed by atoms with E-state index in [1.165, 1.54) is 12.1 Å². The fourth-order valence-corrected chi connectivity index (χ4v) is 4.39. The molecule has 1 saturated heterocycles. The number of ketones is 1. The predicted octanol–water partition coefficient (Wildman–Crippen LogP) is 2.50. The monoisotopic (exact) mass is 386 g/mol. The van der Waals surface area contributed by atoms with E-state index in [1.807, 2.05) is 4.57 Å². The number of rotatable bonds is 5. The van der Waals surface area contributed by atoms with E-state index in [9.17, 15) is 14.0 Å². The zero-order chi connectivity index (χ0) is 19.7. The van der Waals surface area contributed by atoms with Gasteiger partial charge < -0.3 is 0 Å². The summed E-state index contributed by atoms with van der Waals surface area (Å²) in [7, 11) is 0. The van der Waals surface area contributed by atoms with E-state index in [-0.39, 0.29) is 29.2 Å². The maximum atomic E-state index is 13.1. The number of halogens is 1. The van der Waals surface area contributed by atoms with E-state index in [0.717, 1.165) is 57.6 Å². The molecule has 2 aliphatic heterocycles. The van der Waals surface area contributed by atoms with Crippen molar-refractivity contribution in [2.24, 2.45) is 5.92 Å². The molecule has 1 atom stereocenters. The molecule has 0 spiro atoms. The van der Waals surface area contributed by atoms with E-state index in [2.05, 4.69) is 16.9 Å². The molecule has 3 heterocycles. The number of benzene rings is 1. The molecule has 1 aromatic heterocycles. The van der Waals surface area contributed by atoms with Gasteiger partial charge in [-0.3, -0.25) is 14.3 Å². The fraction of sp³-hybridized carbons (Fsp3) is 0.571. The average Bonchev–Trinajstić information content (AvgIpc) is 3.04. The summed E-state index contributed by atoms with van der Waals surface area (Å²) in [6.07, 6.45) is 4.60. The number of Topliss-reactive ketones (excluding diaryl/α,β-unsaturated/α-hetero) is 1. The Kier molecular flexibility index (Phi) is 5.44. The zero-order valence-corrected chi connectivity index (χ0v) is 16.3. The Labute approximate surface area is 164 Å². The van der Waals surface area contributed by atoms with Gasteiger partial charge in [-0.15, -0.1) is 0 Å². The number of nitrogens with zero attached hydrogens (tertiary/aromatic N) is 4. The van der Waals surface area contributed by atoms with Crippen molar-refractivity contribution in [3.05, 3.63) is 52.0 Å². The van der Waals surface area contributed by atoms with Gasteiger partial charge in [0.1, 0.15) is 11.6 Å². The minimum atomic E-state index is -0.323. The maximum absolute atomic E-state index is 13.1. The van der Waals surface area contributed by atoms with Crippen LogP contribution >= 0.6 is 0 Å². The third-order valence-electron chi connectivity index (χ3n) is 6.12. The molecule has 0 aliphatic carbocycles. The molecule has 0 radical (unpaired) electrons. The van der Waals surface area contributed by atoms with Crippen molar-refractivity contribution in [1.82, 2.24) is 19.2 Å². The van der Waals surface area contributed by atoms with Crippen molar-refractivity contribution < 1.29 is 9.18 Å². The molecule has 2 aromatic rings. The lowest BCUT2D eigenvalue weighted by Crippen LogP contribution is -2.44. The van der Waals surface area contributed by atoms with Crippen LogP contribution in [0.25, 0.3) is 0 Å². The number of piperidine rings is 1. The van der Waals surface area contributed by atoms with E-state index in [1.54, 1.807) is 16.8 Å². The standard InChI is InChI=1S/C21H27FN4O2/c1-15(14-26-21(28)25-11-3-2-4-19(25)23-26)24-12-9-17(10-13-24)20(27)16-5-7-18(22)8-6-16/h5-8,15,17H,2-4,9-14H2,1H3. The molecule has 4 rings (SSSR count). The van der Waals surface area contributed by atoms with Gasteiger partial charge in [0.25, 0.3) is 0 Å². The van der Waals surface area contributed by atoms with E-state index in [4.69, 9.17) is 0 Å². The Balaban J connectivity index is 1.35. The molecule has 1 fully saturated rings. The first-order chi connectivity index (χ1) is 13.5. The van der Waals surface area contributed by atoms with Crippen LogP contribution in [0.2, 0.25) is 0 Å². The summed E-state index contributed by atoms with van der Waals surface area (Å²) in [4.78, 5) is 27.5. The Morgan fingerprint density at radius 1 is 1.18 bits per heavy atom. The van der Waals surface area contributed by atoms with Crippen molar-refractivity contribution in [3.63, 3.8) is 0 Å². The molecule has 6 nitrogen and oxygen atoms in total. The zero-order valence-electron chi connectivity index (χ0n) is 16.3. The molecule has 2 aliphatic rings. The van der Waals surface area contributed by atoms with Crippen molar-refractivity contribution in [2.75, 3.05) is 13.1 Å². The average molecular weight is 386 g/mol. The minimum Gasteiger partial charge on any atom is -0.299 e. The lowest BCUT2D eigenvalue weighted by atomic mass is 9.88. The van der Waals surface area contributed by atoms with Gasteiger partial charge in [-0.25, -0.2) is 13.9 Å². The predicted molar refractivity (Wildman–Crippen MR) is 104 cm³/mol. The fourth-order valence-electron chi connectivity index (χ4n) is 4.39. The second-order valence-electron chi connectivity index (χ2n) is 8.02. The number of hydrogen-bond donors (Lipinski definition) is 0. The Morgan fingerprint density at radius 2 is 1.89 bits per heavy atom. The van der Waals surface area contributed by atoms with Crippen LogP contribution in [0.15, 0.2) is 29.1 Å². The van der Waals surface area contributed by atoms with E-state index in [0.29, 0.717) is 12.1 Å². The highest BCUT2D eigenvalue weighted by molar-refractivity contribution is 5.97. The number of hydrogen-bond acceptors (Lipinski definition) is 4. The number of aromatic nitrogens is 3. The number of likely N-dealkylation sites (tertiary alicyclic amines) is 1. The molecular weight excluding hydrogens is 359 g/mol. The molecule has 1 aromatic carbocycles. The van der Waals surface area contributed by atoms with E-state index < -0.39 is 0 Å². The lowest BCUT2D eigenvalue weighted by Gasteiger charge is -2.35. The van der Waals surface area contributed by atoms with Gasteiger partial charge >= 0.3 is 5.69 Å². The van der Waals surface area contributed by atoms with Gasteiger partial charge in [-0.05, 0) is 70.0 Å². The van der Waals surface area contributed by atoms with Gasteiger partial charge in [0, 0.05) is 30.5 Å². The molecular formula is C21H27FN4O2. The highest BCUT2D eigenvalue weighted by atomic mass is 19.1. The van der Waals surface area contributed by atoms with Gasteiger partial charge in [-0.2, -0.15) is 5.10 Å². The second-order valence-corrected chi connectivity index (χ2v) is 8.02. The topological polar surface area (TPSA) is 60.1 Å². The third-order valence-corrected chi connectivity index (χ3v) is 6.12. The highest BCUT2D eigenvalue weighted by Gasteiger charge is 2.28. The van der Waals surface area contributed by atoms with Gasteiger partial charge in [0.15, 0.2) is 5.78 Å². The first-order valence-corrected chi connectivity index (χ1v) is 10.2. The Hall–Kier alpha value is -2.28. The summed E-state index contributed by atoms with van der Waals surface area (Å²) in [5.74, 6) is 0.672. The molecule has 0 bridgehead atoms. The van der Waals surface area contributed by atoms with Crippen LogP contribution in [-0.2, 0) is 19.5 Å². The van der Waals surface area contributed by atoms with Crippen LogP contribution in [0.5, 0.6) is 0 Å². The maximum Gasteiger partial charge on any atom is 0.345 e.